The summed E-state index contributed by atoms with van der Waals surface area (Å²) in [6.07, 6.45) is 0. The van der Waals surface area contributed by atoms with Crippen LogP contribution in [0.5, 0.6) is 23.0 Å². The monoisotopic (exact) mass is 396 g/mol. The molecule has 0 spiro atoms. The van der Waals surface area contributed by atoms with Gasteiger partial charge in [-0.3, -0.25) is 4.79 Å². The summed E-state index contributed by atoms with van der Waals surface area (Å²) in [6, 6.07) is 14.3. The Labute approximate surface area is 167 Å². The molecule has 1 N–H and O–H groups in total. The highest BCUT2D eigenvalue weighted by molar-refractivity contribution is 5.77. The van der Waals surface area contributed by atoms with Crippen molar-refractivity contribution in [2.24, 2.45) is 0 Å². The highest BCUT2D eigenvalue weighted by Crippen LogP contribution is 2.34. The zero-order chi connectivity index (χ0) is 20.1. The molecule has 1 aromatic heterocycles. The zero-order valence-electron chi connectivity index (χ0n) is 15.8. The van der Waals surface area contributed by atoms with Gasteiger partial charge >= 0.3 is 0 Å². The van der Waals surface area contributed by atoms with Crippen LogP contribution in [0.3, 0.4) is 0 Å². The fourth-order valence-corrected chi connectivity index (χ4v) is 2.79. The number of fused-ring (bicyclic) bond motifs is 1. The van der Waals surface area contributed by atoms with E-state index in [1.165, 1.54) is 0 Å². The summed E-state index contributed by atoms with van der Waals surface area (Å²) in [6.45, 7) is 1.20. The molecule has 8 heteroatoms. The second kappa shape index (κ2) is 8.55. The minimum absolute atomic E-state index is 0.0980. The van der Waals surface area contributed by atoms with Gasteiger partial charge in [0.1, 0.15) is 30.4 Å². The maximum atomic E-state index is 12.0. The fraction of sp³-hybridized carbons (Fsp3) is 0.238. The van der Waals surface area contributed by atoms with Crippen molar-refractivity contribution in [1.29, 1.82) is 0 Å². The van der Waals surface area contributed by atoms with Crippen molar-refractivity contribution in [3.63, 3.8) is 0 Å². The van der Waals surface area contributed by atoms with E-state index in [9.17, 15) is 4.79 Å². The molecule has 8 nitrogen and oxygen atoms in total. The molecule has 0 aliphatic carbocycles. The first kappa shape index (κ1) is 18.7. The van der Waals surface area contributed by atoms with E-state index >= 15 is 0 Å². The Hall–Kier alpha value is -3.68. The summed E-state index contributed by atoms with van der Waals surface area (Å²) >= 11 is 0. The summed E-state index contributed by atoms with van der Waals surface area (Å²) in [4.78, 5) is 12.0. The van der Waals surface area contributed by atoms with Gasteiger partial charge in [0.25, 0.3) is 5.91 Å². The number of benzene rings is 2. The zero-order valence-corrected chi connectivity index (χ0v) is 15.8. The molecule has 0 saturated carbocycles. The Morgan fingerprint density at radius 3 is 2.59 bits per heavy atom. The molecule has 4 rings (SSSR count). The van der Waals surface area contributed by atoms with Crippen LogP contribution in [0.25, 0.3) is 11.3 Å². The van der Waals surface area contributed by atoms with E-state index in [0.717, 1.165) is 11.3 Å². The number of carbonyl (C=O) groups is 1. The number of nitrogens with zero attached hydrogens (tertiary/aromatic N) is 1. The number of amides is 1. The molecule has 0 unspecified atom stereocenters. The molecule has 0 radical (unpaired) electrons. The molecule has 0 saturated heterocycles. The molecule has 1 amide bonds. The van der Waals surface area contributed by atoms with E-state index in [1.807, 2.05) is 18.2 Å². The van der Waals surface area contributed by atoms with Crippen LogP contribution in [-0.2, 0) is 11.3 Å². The van der Waals surface area contributed by atoms with Crippen molar-refractivity contribution in [3.8, 4) is 34.3 Å². The van der Waals surface area contributed by atoms with Gasteiger partial charge in [-0.2, -0.15) is 0 Å². The average molecular weight is 396 g/mol. The van der Waals surface area contributed by atoms with Gasteiger partial charge in [0, 0.05) is 11.6 Å². The molecule has 29 heavy (non-hydrogen) atoms. The Kier molecular flexibility index (Phi) is 5.51. The van der Waals surface area contributed by atoms with Crippen molar-refractivity contribution < 1.29 is 28.3 Å². The summed E-state index contributed by atoms with van der Waals surface area (Å²) in [7, 11) is 1.59. The van der Waals surface area contributed by atoms with Crippen molar-refractivity contribution in [2.75, 3.05) is 26.9 Å². The first-order chi connectivity index (χ1) is 14.2. The fourth-order valence-electron chi connectivity index (χ4n) is 2.79. The number of hydrogen-bond donors (Lipinski definition) is 1. The molecule has 0 atom stereocenters. The third-order valence-corrected chi connectivity index (χ3v) is 4.28. The van der Waals surface area contributed by atoms with Gasteiger partial charge in [-0.15, -0.1) is 0 Å². The Bertz CT molecular complexity index is 983. The van der Waals surface area contributed by atoms with E-state index in [1.54, 1.807) is 37.4 Å². The highest BCUT2D eigenvalue weighted by Gasteiger charge is 2.15. The molecule has 1 aliphatic rings. The van der Waals surface area contributed by atoms with E-state index in [0.29, 0.717) is 41.9 Å². The number of carbonyl (C=O) groups excluding carboxylic acids is 1. The lowest BCUT2D eigenvalue weighted by molar-refractivity contribution is -0.123. The van der Waals surface area contributed by atoms with E-state index in [4.69, 9.17) is 23.5 Å². The van der Waals surface area contributed by atoms with Crippen LogP contribution in [0.1, 0.15) is 5.69 Å². The molecule has 2 aromatic carbocycles. The summed E-state index contributed by atoms with van der Waals surface area (Å²) < 4.78 is 27.0. The summed E-state index contributed by atoms with van der Waals surface area (Å²) in [5.41, 5.74) is 1.43. The predicted molar refractivity (Wildman–Crippen MR) is 103 cm³/mol. The maximum Gasteiger partial charge on any atom is 0.258 e. The standard InChI is InChI=1S/C21H20N2O6/c1-25-16-3-5-17(6-4-16)28-13-21(24)22-12-15-11-19(29-23-15)14-2-7-18-20(10-14)27-9-8-26-18/h2-7,10-11H,8-9,12-13H2,1H3,(H,22,24). The van der Waals surface area contributed by atoms with Gasteiger partial charge in [-0.05, 0) is 42.5 Å². The molecular formula is C21H20N2O6. The SMILES string of the molecule is COc1ccc(OCC(=O)NCc2cc(-c3ccc4c(c3)OCCO4)on2)cc1. The highest BCUT2D eigenvalue weighted by atomic mass is 16.6. The number of hydrogen-bond acceptors (Lipinski definition) is 7. The Morgan fingerprint density at radius 2 is 1.79 bits per heavy atom. The summed E-state index contributed by atoms with van der Waals surface area (Å²) in [5, 5.41) is 6.75. The lowest BCUT2D eigenvalue weighted by Crippen LogP contribution is -2.28. The largest absolute Gasteiger partial charge is 0.497 e. The van der Waals surface area contributed by atoms with Gasteiger partial charge in [-0.1, -0.05) is 5.16 Å². The number of ether oxygens (including phenoxy) is 4. The number of nitrogens with one attached hydrogen (secondary N) is 1. The van der Waals surface area contributed by atoms with Gasteiger partial charge in [0.15, 0.2) is 23.9 Å². The Balaban J connectivity index is 1.29. The lowest BCUT2D eigenvalue weighted by atomic mass is 10.1. The molecule has 3 aromatic rings. The van der Waals surface area contributed by atoms with Crippen LogP contribution < -0.4 is 24.3 Å². The number of rotatable bonds is 7. The molecule has 0 fully saturated rings. The van der Waals surface area contributed by atoms with Crippen LogP contribution in [0.2, 0.25) is 0 Å². The molecule has 150 valence electrons. The number of aromatic nitrogens is 1. The first-order valence-electron chi connectivity index (χ1n) is 9.10. The first-order valence-corrected chi connectivity index (χ1v) is 9.10. The second-order valence-electron chi connectivity index (χ2n) is 6.28. The molecule has 2 heterocycles. The maximum absolute atomic E-state index is 12.0. The quantitative estimate of drug-likeness (QED) is 0.656. The third kappa shape index (κ3) is 4.60. The molecule has 1 aliphatic heterocycles. The van der Waals surface area contributed by atoms with E-state index < -0.39 is 0 Å². The lowest BCUT2D eigenvalue weighted by Gasteiger charge is -2.18. The van der Waals surface area contributed by atoms with Gasteiger partial charge in [0.05, 0.1) is 13.7 Å². The van der Waals surface area contributed by atoms with Crippen LogP contribution in [0.4, 0.5) is 0 Å². The van der Waals surface area contributed by atoms with Crippen LogP contribution in [0.15, 0.2) is 53.1 Å². The smallest absolute Gasteiger partial charge is 0.258 e. The van der Waals surface area contributed by atoms with E-state index in [2.05, 4.69) is 10.5 Å². The minimum Gasteiger partial charge on any atom is -0.497 e. The molecular weight excluding hydrogens is 376 g/mol. The predicted octanol–water partition coefficient (Wildman–Crippen LogP) is 2.82. The topological polar surface area (TPSA) is 92.1 Å². The van der Waals surface area contributed by atoms with Crippen molar-refractivity contribution in [1.82, 2.24) is 10.5 Å². The van der Waals surface area contributed by atoms with Gasteiger partial charge in [-0.25, -0.2) is 0 Å². The second-order valence-corrected chi connectivity index (χ2v) is 6.28. The van der Waals surface area contributed by atoms with Gasteiger partial charge in [0.2, 0.25) is 0 Å². The Morgan fingerprint density at radius 1 is 1.03 bits per heavy atom. The molecule has 0 bridgehead atoms. The van der Waals surface area contributed by atoms with Gasteiger partial charge < -0.3 is 28.8 Å². The van der Waals surface area contributed by atoms with Crippen molar-refractivity contribution >= 4 is 5.91 Å². The van der Waals surface area contributed by atoms with Crippen molar-refractivity contribution in [3.05, 3.63) is 54.2 Å². The van der Waals surface area contributed by atoms with Crippen LogP contribution in [-0.4, -0.2) is 38.0 Å². The minimum atomic E-state index is -0.260. The normalized spacial score (nSPS) is 12.3. The third-order valence-electron chi connectivity index (χ3n) is 4.28. The van der Waals surface area contributed by atoms with Crippen LogP contribution >= 0.6 is 0 Å². The average Bonchev–Trinajstić information content (AvgIpc) is 3.25. The van der Waals surface area contributed by atoms with Crippen molar-refractivity contribution in [2.45, 2.75) is 6.54 Å². The summed E-state index contributed by atoms with van der Waals surface area (Å²) in [5.74, 6) is 3.02. The van der Waals surface area contributed by atoms with E-state index in [-0.39, 0.29) is 19.1 Å². The number of methoxy groups -OCH3 is 1. The van der Waals surface area contributed by atoms with Crippen LogP contribution in [0, 0.1) is 0 Å².